The minimum Gasteiger partial charge on any atom is -0.474 e. The minimum atomic E-state index is -1.04. The second-order valence-electron chi connectivity index (χ2n) is 7.53. The fraction of sp³-hybridized carbons (Fsp3) is 0.318. The highest BCUT2D eigenvalue weighted by Gasteiger charge is 2.34. The van der Waals surface area contributed by atoms with Gasteiger partial charge in [-0.25, -0.2) is 4.98 Å². The number of aromatic nitrogens is 3. The summed E-state index contributed by atoms with van der Waals surface area (Å²) in [5, 5.41) is 28.0. The zero-order valence-corrected chi connectivity index (χ0v) is 19.3. The summed E-state index contributed by atoms with van der Waals surface area (Å²) in [6.45, 7) is 0.364. The van der Waals surface area contributed by atoms with E-state index in [0.717, 1.165) is 5.69 Å². The number of ether oxygens (including phenoxy) is 1. The number of hydrogen-bond acceptors (Lipinski definition) is 7. The van der Waals surface area contributed by atoms with E-state index in [9.17, 15) is 9.90 Å². The Kier molecular flexibility index (Phi) is 7.04. The number of amides is 1. The standard InChI is InChI=1S/C22H23Cl2N5O4/c1-28-19-17(27-20(31)14-4-2-3-5-15(14)23)6-7-29(18(19)12-26-28)22(32)13-10-16(24)21(25-11-13)33-9-8-30/h2-5,10-12,17,22,30,32H,6-9H2,1H3,(H,27,31). The maximum Gasteiger partial charge on any atom is 0.253 e. The number of fused-ring (bicyclic) bond motifs is 1. The Labute approximate surface area is 200 Å². The number of benzene rings is 1. The first-order valence-electron chi connectivity index (χ1n) is 10.3. The normalized spacial score (nSPS) is 16.3. The van der Waals surface area contributed by atoms with E-state index < -0.39 is 6.23 Å². The molecule has 11 heteroatoms. The van der Waals surface area contributed by atoms with Gasteiger partial charge >= 0.3 is 0 Å². The lowest BCUT2D eigenvalue weighted by atomic mass is 10.0. The van der Waals surface area contributed by atoms with Crippen molar-refractivity contribution in [3.05, 3.63) is 69.6 Å². The van der Waals surface area contributed by atoms with Gasteiger partial charge in [0.15, 0.2) is 6.23 Å². The van der Waals surface area contributed by atoms with Gasteiger partial charge in [0.05, 0.1) is 40.8 Å². The number of rotatable bonds is 7. The second-order valence-corrected chi connectivity index (χ2v) is 8.34. The van der Waals surface area contributed by atoms with E-state index in [4.69, 9.17) is 33.0 Å². The molecule has 2 aromatic heterocycles. The quantitative estimate of drug-likeness (QED) is 0.465. The summed E-state index contributed by atoms with van der Waals surface area (Å²) in [6, 6.07) is 8.14. The van der Waals surface area contributed by atoms with Crippen LogP contribution in [0.1, 0.15) is 40.3 Å². The minimum absolute atomic E-state index is 0.0705. The van der Waals surface area contributed by atoms with Crippen molar-refractivity contribution in [3.8, 4) is 5.88 Å². The molecule has 1 aliphatic heterocycles. The average molecular weight is 492 g/mol. The van der Waals surface area contributed by atoms with E-state index in [2.05, 4.69) is 15.4 Å². The summed E-state index contributed by atoms with van der Waals surface area (Å²) in [7, 11) is 1.79. The van der Waals surface area contributed by atoms with Gasteiger partial charge in [-0.3, -0.25) is 9.48 Å². The molecule has 0 saturated carbocycles. The summed E-state index contributed by atoms with van der Waals surface area (Å²) < 4.78 is 6.95. The first-order valence-corrected chi connectivity index (χ1v) is 11.1. The number of aliphatic hydroxyl groups is 2. The van der Waals surface area contributed by atoms with E-state index in [-0.39, 0.29) is 36.1 Å². The van der Waals surface area contributed by atoms with Crippen LogP contribution in [0.5, 0.6) is 5.88 Å². The number of nitrogens with one attached hydrogen (secondary N) is 1. The third-order valence-electron chi connectivity index (χ3n) is 5.44. The lowest BCUT2D eigenvalue weighted by Gasteiger charge is -2.37. The maximum absolute atomic E-state index is 12.8. The van der Waals surface area contributed by atoms with Crippen molar-refractivity contribution < 1.29 is 19.7 Å². The molecule has 0 spiro atoms. The van der Waals surface area contributed by atoms with Crippen LogP contribution in [-0.2, 0) is 7.05 Å². The van der Waals surface area contributed by atoms with Crippen molar-refractivity contribution in [3.63, 3.8) is 0 Å². The van der Waals surface area contributed by atoms with E-state index >= 15 is 0 Å². The maximum atomic E-state index is 12.8. The summed E-state index contributed by atoms with van der Waals surface area (Å²) in [5.74, 6) is -0.0917. The number of aliphatic hydroxyl groups excluding tert-OH is 2. The number of nitrogens with zero attached hydrogens (tertiary/aromatic N) is 4. The lowest BCUT2D eigenvalue weighted by molar-refractivity contribution is 0.0930. The molecule has 1 amide bonds. The van der Waals surface area contributed by atoms with Crippen molar-refractivity contribution in [2.24, 2.45) is 7.05 Å². The van der Waals surface area contributed by atoms with Crippen molar-refractivity contribution in [1.82, 2.24) is 20.1 Å². The van der Waals surface area contributed by atoms with Crippen molar-refractivity contribution >= 4 is 34.8 Å². The Balaban J connectivity index is 1.56. The van der Waals surface area contributed by atoms with E-state index in [1.54, 1.807) is 53.2 Å². The molecule has 2 unspecified atom stereocenters. The zero-order valence-electron chi connectivity index (χ0n) is 17.8. The Hall–Kier alpha value is -2.85. The molecule has 9 nitrogen and oxygen atoms in total. The zero-order chi connectivity index (χ0) is 23.5. The predicted molar refractivity (Wildman–Crippen MR) is 124 cm³/mol. The summed E-state index contributed by atoms with van der Waals surface area (Å²) >= 11 is 12.4. The molecule has 174 valence electrons. The number of hydrogen-bond donors (Lipinski definition) is 3. The molecule has 0 saturated heterocycles. The number of carbonyl (C=O) groups is 1. The van der Waals surface area contributed by atoms with Crippen LogP contribution in [-0.4, -0.2) is 50.6 Å². The highest BCUT2D eigenvalue weighted by atomic mass is 35.5. The summed E-state index contributed by atoms with van der Waals surface area (Å²) in [4.78, 5) is 18.7. The fourth-order valence-electron chi connectivity index (χ4n) is 3.87. The molecule has 0 aliphatic carbocycles. The van der Waals surface area contributed by atoms with Crippen molar-refractivity contribution in [2.45, 2.75) is 18.7 Å². The van der Waals surface area contributed by atoms with Gasteiger partial charge in [0.1, 0.15) is 11.6 Å². The van der Waals surface area contributed by atoms with Gasteiger partial charge in [-0.1, -0.05) is 35.3 Å². The number of aryl methyl sites for hydroxylation is 1. The van der Waals surface area contributed by atoms with Crippen molar-refractivity contribution in [2.75, 3.05) is 24.7 Å². The molecule has 2 atom stereocenters. The first kappa shape index (κ1) is 23.3. The molecule has 1 aromatic carbocycles. The van der Waals surface area contributed by atoms with Crippen LogP contribution in [0.3, 0.4) is 0 Å². The lowest BCUT2D eigenvalue weighted by Crippen LogP contribution is -2.40. The summed E-state index contributed by atoms with van der Waals surface area (Å²) in [6.07, 6.45) is 2.63. The van der Waals surface area contributed by atoms with E-state index in [0.29, 0.717) is 34.8 Å². The molecule has 3 N–H and O–H groups in total. The topological polar surface area (TPSA) is 113 Å². The Morgan fingerprint density at radius 1 is 1.30 bits per heavy atom. The average Bonchev–Trinajstić information content (AvgIpc) is 3.20. The highest BCUT2D eigenvalue weighted by Crippen LogP contribution is 2.38. The molecule has 3 aromatic rings. The van der Waals surface area contributed by atoms with Crippen LogP contribution in [0.2, 0.25) is 10.0 Å². The smallest absolute Gasteiger partial charge is 0.253 e. The molecule has 0 bridgehead atoms. The Bertz CT molecular complexity index is 1160. The largest absolute Gasteiger partial charge is 0.474 e. The third-order valence-corrected chi connectivity index (χ3v) is 6.04. The number of halogens is 2. The van der Waals surface area contributed by atoms with Gasteiger partial charge in [0.2, 0.25) is 5.88 Å². The molecule has 4 rings (SSSR count). The van der Waals surface area contributed by atoms with Gasteiger partial charge in [-0.15, -0.1) is 0 Å². The van der Waals surface area contributed by atoms with Crippen LogP contribution >= 0.6 is 23.2 Å². The predicted octanol–water partition coefficient (Wildman–Crippen LogP) is 2.87. The van der Waals surface area contributed by atoms with Crippen LogP contribution < -0.4 is 15.0 Å². The third kappa shape index (κ3) is 4.77. The van der Waals surface area contributed by atoms with Crippen LogP contribution in [0.15, 0.2) is 42.7 Å². The molecule has 0 fully saturated rings. The van der Waals surface area contributed by atoms with Crippen LogP contribution in [0, 0.1) is 0 Å². The number of carbonyl (C=O) groups excluding carboxylic acids is 1. The molecule has 0 radical (unpaired) electrons. The SMILES string of the molecule is Cn1ncc2c1C(NC(=O)c1ccccc1Cl)CCN2C(O)c1cnc(OCCO)c(Cl)c1. The van der Waals surface area contributed by atoms with Gasteiger partial charge in [-0.05, 0) is 24.6 Å². The van der Waals surface area contributed by atoms with E-state index in [1.807, 2.05) is 0 Å². The second kappa shape index (κ2) is 9.96. The van der Waals surface area contributed by atoms with E-state index in [1.165, 1.54) is 6.20 Å². The van der Waals surface area contributed by atoms with Gasteiger partial charge in [0, 0.05) is 25.4 Å². The Morgan fingerprint density at radius 2 is 2.09 bits per heavy atom. The molecular weight excluding hydrogens is 469 g/mol. The molecule has 1 aliphatic rings. The molecule has 33 heavy (non-hydrogen) atoms. The van der Waals surface area contributed by atoms with Crippen molar-refractivity contribution in [1.29, 1.82) is 0 Å². The molecule has 3 heterocycles. The summed E-state index contributed by atoms with van der Waals surface area (Å²) in [5.41, 5.74) is 2.33. The number of pyridine rings is 1. The van der Waals surface area contributed by atoms with Crippen LogP contribution in [0.4, 0.5) is 5.69 Å². The van der Waals surface area contributed by atoms with Gasteiger partial charge in [0.25, 0.3) is 5.91 Å². The number of anilines is 1. The van der Waals surface area contributed by atoms with Crippen LogP contribution in [0.25, 0.3) is 0 Å². The Morgan fingerprint density at radius 3 is 2.82 bits per heavy atom. The van der Waals surface area contributed by atoms with Gasteiger partial charge < -0.3 is 25.2 Å². The highest BCUT2D eigenvalue weighted by molar-refractivity contribution is 6.33. The fourth-order valence-corrected chi connectivity index (χ4v) is 4.32. The van der Waals surface area contributed by atoms with Gasteiger partial charge in [-0.2, -0.15) is 5.10 Å². The first-order chi connectivity index (χ1) is 15.9. The monoisotopic (exact) mass is 491 g/mol. The molecular formula is C22H23Cl2N5O4.